The van der Waals surface area contributed by atoms with Crippen molar-refractivity contribution in [1.82, 2.24) is 24.9 Å². The lowest BCUT2D eigenvalue weighted by Crippen LogP contribution is -2.24. The molecule has 3 heterocycles. The Labute approximate surface area is 199 Å². The van der Waals surface area contributed by atoms with Gasteiger partial charge in [0.05, 0.1) is 38.3 Å². The normalized spacial score (nSPS) is 11.1. The van der Waals surface area contributed by atoms with E-state index in [1.54, 1.807) is 37.1 Å². The predicted molar refractivity (Wildman–Crippen MR) is 128 cm³/mol. The minimum Gasteiger partial charge on any atom is -0.493 e. The smallest absolute Gasteiger partial charge is 0.230 e. The molecule has 0 saturated carbocycles. The summed E-state index contributed by atoms with van der Waals surface area (Å²) in [6.07, 6.45) is 1.57. The zero-order valence-corrected chi connectivity index (χ0v) is 19.3. The Morgan fingerprint density at radius 3 is 2.59 bits per heavy atom. The number of aromatic nitrogens is 4. The number of thioether (sulfide) groups is 1. The fraction of sp³-hybridized carbons (Fsp3) is 0.167. The molecule has 0 atom stereocenters. The molecule has 0 bridgehead atoms. The highest BCUT2D eigenvalue weighted by atomic mass is 32.2. The third-order valence-corrected chi connectivity index (χ3v) is 6.08. The molecule has 0 saturated heterocycles. The number of furan rings is 1. The van der Waals surface area contributed by atoms with E-state index in [0.717, 1.165) is 10.9 Å². The van der Waals surface area contributed by atoms with Crippen molar-refractivity contribution in [2.75, 3.05) is 20.0 Å². The molecule has 5 rings (SSSR count). The van der Waals surface area contributed by atoms with E-state index in [1.807, 2.05) is 42.5 Å². The highest BCUT2D eigenvalue weighted by molar-refractivity contribution is 7.99. The number of carbonyl (C=O) groups excluding carboxylic acids is 1. The average molecular weight is 476 g/mol. The van der Waals surface area contributed by atoms with E-state index in [9.17, 15) is 4.79 Å². The number of methoxy groups -OCH3 is 2. The van der Waals surface area contributed by atoms with Gasteiger partial charge in [-0.3, -0.25) is 4.79 Å². The minimum absolute atomic E-state index is 0.146. The van der Waals surface area contributed by atoms with Crippen molar-refractivity contribution in [3.63, 3.8) is 0 Å². The van der Waals surface area contributed by atoms with Crippen molar-refractivity contribution < 1.29 is 18.7 Å². The highest BCUT2D eigenvalue weighted by Gasteiger charge is 2.18. The third-order valence-electron chi connectivity index (χ3n) is 5.15. The van der Waals surface area contributed by atoms with Crippen molar-refractivity contribution in [2.24, 2.45) is 0 Å². The van der Waals surface area contributed by atoms with Crippen molar-refractivity contribution in [3.05, 3.63) is 66.6 Å². The Morgan fingerprint density at radius 2 is 1.85 bits per heavy atom. The number of amides is 1. The van der Waals surface area contributed by atoms with Gasteiger partial charge in [-0.15, -0.1) is 5.10 Å². The van der Waals surface area contributed by atoms with Crippen molar-refractivity contribution in [3.8, 4) is 22.9 Å². The number of ether oxygens (including phenoxy) is 2. The second kappa shape index (κ2) is 9.44. The molecule has 9 nitrogen and oxygen atoms in total. The van der Waals surface area contributed by atoms with E-state index in [-0.39, 0.29) is 11.7 Å². The number of rotatable bonds is 8. The van der Waals surface area contributed by atoms with E-state index >= 15 is 0 Å². The molecule has 172 valence electrons. The number of hydrogen-bond donors (Lipinski definition) is 1. The second-order valence-electron chi connectivity index (χ2n) is 7.30. The number of hydrogen-bond acceptors (Lipinski definition) is 8. The van der Waals surface area contributed by atoms with E-state index in [1.165, 1.54) is 11.8 Å². The first-order valence-corrected chi connectivity index (χ1v) is 11.4. The summed E-state index contributed by atoms with van der Waals surface area (Å²) in [5.74, 6) is 2.39. The number of nitrogens with zero attached hydrogens (tertiary/aromatic N) is 4. The monoisotopic (exact) mass is 475 g/mol. The Balaban J connectivity index is 1.53. The molecule has 0 aliphatic heterocycles. The first-order chi connectivity index (χ1) is 16.7. The third kappa shape index (κ3) is 4.27. The quantitative estimate of drug-likeness (QED) is 0.266. The van der Waals surface area contributed by atoms with Gasteiger partial charge >= 0.3 is 0 Å². The molecular formula is C24H21N5O4S. The van der Waals surface area contributed by atoms with Crippen LogP contribution in [0.25, 0.3) is 27.9 Å². The highest BCUT2D eigenvalue weighted by Crippen LogP contribution is 2.35. The van der Waals surface area contributed by atoms with Crippen LogP contribution in [0.2, 0.25) is 0 Å². The van der Waals surface area contributed by atoms with Gasteiger partial charge in [-0.05, 0) is 18.2 Å². The van der Waals surface area contributed by atoms with Gasteiger partial charge in [0.25, 0.3) is 0 Å². The first kappa shape index (κ1) is 21.8. The van der Waals surface area contributed by atoms with Crippen LogP contribution < -0.4 is 14.8 Å². The second-order valence-corrected chi connectivity index (χ2v) is 8.24. The van der Waals surface area contributed by atoms with Gasteiger partial charge < -0.3 is 19.2 Å². The van der Waals surface area contributed by atoms with Crippen LogP contribution in [0.5, 0.6) is 11.5 Å². The largest absolute Gasteiger partial charge is 0.493 e. The van der Waals surface area contributed by atoms with E-state index in [2.05, 4.69) is 5.32 Å². The summed E-state index contributed by atoms with van der Waals surface area (Å²) in [7, 11) is 3.16. The summed E-state index contributed by atoms with van der Waals surface area (Å²) in [6, 6.07) is 16.9. The zero-order valence-electron chi connectivity index (χ0n) is 18.5. The maximum atomic E-state index is 12.4. The van der Waals surface area contributed by atoms with Crippen LogP contribution in [0.4, 0.5) is 0 Å². The minimum atomic E-state index is -0.146. The molecule has 5 aromatic rings. The topological polar surface area (TPSA) is 104 Å². The van der Waals surface area contributed by atoms with Gasteiger partial charge in [0.2, 0.25) is 5.91 Å². The molecule has 10 heteroatoms. The van der Waals surface area contributed by atoms with Crippen LogP contribution in [-0.2, 0) is 11.3 Å². The molecule has 1 N–H and O–H groups in total. The molecule has 0 radical (unpaired) electrons. The van der Waals surface area contributed by atoms with Gasteiger partial charge in [-0.1, -0.05) is 42.1 Å². The molecule has 0 unspecified atom stereocenters. The summed E-state index contributed by atoms with van der Waals surface area (Å²) >= 11 is 1.28. The number of benzene rings is 2. The van der Waals surface area contributed by atoms with Gasteiger partial charge in [0, 0.05) is 17.0 Å². The summed E-state index contributed by atoms with van der Waals surface area (Å²) in [5.41, 5.74) is 2.16. The molecule has 0 aliphatic rings. The maximum absolute atomic E-state index is 12.4. The fourth-order valence-corrected chi connectivity index (χ4v) is 4.27. The van der Waals surface area contributed by atoms with Gasteiger partial charge in [-0.25, -0.2) is 9.97 Å². The lowest BCUT2D eigenvalue weighted by atomic mass is 10.2. The Bertz CT molecular complexity index is 1450. The van der Waals surface area contributed by atoms with Gasteiger partial charge in [-0.2, -0.15) is 4.52 Å². The molecule has 0 spiro atoms. The Morgan fingerprint density at radius 1 is 1.06 bits per heavy atom. The Hall–Kier alpha value is -4.05. The fourth-order valence-electron chi connectivity index (χ4n) is 3.49. The van der Waals surface area contributed by atoms with Crippen molar-refractivity contribution in [2.45, 2.75) is 11.7 Å². The lowest BCUT2D eigenvalue weighted by Gasteiger charge is -2.11. The van der Waals surface area contributed by atoms with Gasteiger partial charge in [0.15, 0.2) is 28.1 Å². The number of carbonyl (C=O) groups is 1. The van der Waals surface area contributed by atoms with Crippen LogP contribution in [0.1, 0.15) is 5.76 Å². The zero-order chi connectivity index (χ0) is 23.5. The van der Waals surface area contributed by atoms with Crippen molar-refractivity contribution >= 4 is 34.2 Å². The first-order valence-electron chi connectivity index (χ1n) is 10.5. The molecule has 1 amide bonds. The average Bonchev–Trinajstić information content (AvgIpc) is 3.56. The van der Waals surface area contributed by atoms with E-state index < -0.39 is 0 Å². The number of fused-ring (bicyclic) bond motifs is 3. The summed E-state index contributed by atoms with van der Waals surface area (Å²) in [4.78, 5) is 22.0. The predicted octanol–water partition coefficient (Wildman–Crippen LogP) is 3.96. The molecule has 0 aliphatic carbocycles. The standard InChI is InChI=1S/C24H21N5O4S/c1-31-19-11-17-18(12-20(19)32-2)26-24(34-14-21(30)25-13-16-9-6-10-33-16)29-23(17)27-22(28-29)15-7-4-3-5-8-15/h3-12H,13-14H2,1-2H3,(H,25,30). The van der Waals surface area contributed by atoms with E-state index in [4.69, 9.17) is 29.0 Å². The molecule has 3 aromatic heterocycles. The lowest BCUT2D eigenvalue weighted by molar-refractivity contribution is -0.118. The molecule has 34 heavy (non-hydrogen) atoms. The van der Waals surface area contributed by atoms with Gasteiger partial charge in [0.1, 0.15) is 5.76 Å². The van der Waals surface area contributed by atoms with Crippen molar-refractivity contribution in [1.29, 1.82) is 0 Å². The summed E-state index contributed by atoms with van der Waals surface area (Å²) < 4.78 is 17.9. The SMILES string of the molecule is COc1cc2nc(SCC(=O)NCc3ccco3)n3nc(-c4ccccc4)nc3c2cc1OC. The summed E-state index contributed by atoms with van der Waals surface area (Å²) in [5, 5.41) is 8.84. The molecule has 0 fully saturated rings. The maximum Gasteiger partial charge on any atom is 0.230 e. The number of nitrogens with one attached hydrogen (secondary N) is 1. The van der Waals surface area contributed by atoms with Crippen LogP contribution >= 0.6 is 11.8 Å². The van der Waals surface area contributed by atoms with Crippen LogP contribution in [-0.4, -0.2) is 45.5 Å². The van der Waals surface area contributed by atoms with Crippen LogP contribution in [0.3, 0.4) is 0 Å². The van der Waals surface area contributed by atoms with Crippen LogP contribution in [0.15, 0.2) is 70.4 Å². The molecule has 2 aromatic carbocycles. The molecular weight excluding hydrogens is 454 g/mol. The van der Waals surface area contributed by atoms with E-state index in [0.29, 0.717) is 45.9 Å². The van der Waals surface area contributed by atoms with Crippen LogP contribution in [0, 0.1) is 0 Å². The summed E-state index contributed by atoms with van der Waals surface area (Å²) in [6.45, 7) is 0.325. The Kier molecular flexibility index (Phi) is 6.05.